The highest BCUT2D eigenvalue weighted by Crippen LogP contribution is 2.13. The smallest absolute Gasteiger partial charge is 0.335 e. The normalized spacial score (nSPS) is 12.6. The van der Waals surface area contributed by atoms with E-state index in [0.717, 1.165) is 25.8 Å². The molecule has 4 heteroatoms. The lowest BCUT2D eigenvalue weighted by Crippen LogP contribution is -2.19. The highest BCUT2D eigenvalue weighted by molar-refractivity contribution is 5.89. The molecule has 0 bridgehead atoms. The number of esters is 1. The van der Waals surface area contributed by atoms with Gasteiger partial charge in [0.15, 0.2) is 0 Å². The van der Waals surface area contributed by atoms with E-state index in [9.17, 15) is 4.79 Å². The number of nitrogens with zero attached hydrogens (tertiary/aromatic N) is 1. The average molecular weight is 228 g/mol. The highest BCUT2D eigenvalue weighted by Gasteiger charge is 2.13. The zero-order valence-corrected chi connectivity index (χ0v) is 10.9. The fraction of sp³-hybridized carbons (Fsp3) is 0.750. The summed E-state index contributed by atoms with van der Waals surface area (Å²) in [5.74, 6) is -0.296. The van der Waals surface area contributed by atoms with E-state index in [1.165, 1.54) is 7.11 Å². The van der Waals surface area contributed by atoms with Crippen molar-refractivity contribution in [2.75, 3.05) is 27.7 Å². The Balaban J connectivity index is 4.56. The molecule has 0 aromatic heterocycles. The van der Waals surface area contributed by atoms with Crippen molar-refractivity contribution in [2.24, 2.45) is 5.73 Å². The summed E-state index contributed by atoms with van der Waals surface area (Å²) in [6, 6.07) is 0. The minimum atomic E-state index is -0.296. The number of hydrogen-bond donors (Lipinski definition) is 1. The van der Waals surface area contributed by atoms with Crippen LogP contribution in [0.1, 0.15) is 32.6 Å². The van der Waals surface area contributed by atoms with Crippen molar-refractivity contribution in [3.05, 3.63) is 11.3 Å². The number of carbonyl (C=O) groups excluding carboxylic acids is 1. The Bertz CT molecular complexity index is 247. The standard InChI is InChI=1S/C12H24N2O2/c1-5-6-7-11(13)10(12(15)16-4)8-9-14(2)3/h5-9,13H2,1-4H3. The van der Waals surface area contributed by atoms with Gasteiger partial charge >= 0.3 is 5.97 Å². The summed E-state index contributed by atoms with van der Waals surface area (Å²) in [5, 5.41) is 0. The minimum Gasteiger partial charge on any atom is -0.466 e. The first-order chi connectivity index (χ1) is 7.52. The van der Waals surface area contributed by atoms with Crippen molar-refractivity contribution in [3.8, 4) is 0 Å². The monoisotopic (exact) mass is 228 g/mol. The number of rotatable bonds is 7. The number of methoxy groups -OCH3 is 1. The van der Waals surface area contributed by atoms with Crippen molar-refractivity contribution in [1.82, 2.24) is 4.90 Å². The first-order valence-corrected chi connectivity index (χ1v) is 5.73. The van der Waals surface area contributed by atoms with Crippen molar-refractivity contribution in [3.63, 3.8) is 0 Å². The zero-order valence-electron chi connectivity index (χ0n) is 10.9. The van der Waals surface area contributed by atoms with Gasteiger partial charge in [-0.1, -0.05) is 13.3 Å². The van der Waals surface area contributed by atoms with E-state index in [1.54, 1.807) is 0 Å². The highest BCUT2D eigenvalue weighted by atomic mass is 16.5. The zero-order chi connectivity index (χ0) is 12.6. The maximum Gasteiger partial charge on any atom is 0.335 e. The number of nitrogens with two attached hydrogens (primary N) is 1. The fourth-order valence-electron chi connectivity index (χ4n) is 1.37. The second kappa shape index (κ2) is 8.16. The molecule has 0 aliphatic carbocycles. The second-order valence-electron chi connectivity index (χ2n) is 4.15. The predicted octanol–water partition coefficient (Wildman–Crippen LogP) is 1.51. The summed E-state index contributed by atoms with van der Waals surface area (Å²) < 4.78 is 4.75. The lowest BCUT2D eigenvalue weighted by atomic mass is 10.1. The van der Waals surface area contributed by atoms with Crippen LogP contribution in [-0.4, -0.2) is 38.6 Å². The third-order valence-electron chi connectivity index (χ3n) is 2.43. The Morgan fingerprint density at radius 2 is 1.94 bits per heavy atom. The van der Waals surface area contributed by atoms with Gasteiger partial charge in [-0.05, 0) is 33.4 Å². The van der Waals surface area contributed by atoms with Crippen molar-refractivity contribution < 1.29 is 9.53 Å². The number of carbonyl (C=O) groups is 1. The van der Waals surface area contributed by atoms with Crippen LogP contribution in [0.25, 0.3) is 0 Å². The summed E-state index contributed by atoms with van der Waals surface area (Å²) in [7, 11) is 5.33. The third-order valence-corrected chi connectivity index (χ3v) is 2.43. The van der Waals surface area contributed by atoms with Gasteiger partial charge in [-0.3, -0.25) is 0 Å². The van der Waals surface area contributed by atoms with Gasteiger partial charge < -0.3 is 15.4 Å². The fourth-order valence-corrected chi connectivity index (χ4v) is 1.37. The molecular weight excluding hydrogens is 204 g/mol. The van der Waals surface area contributed by atoms with Crippen LogP contribution < -0.4 is 5.73 Å². The molecule has 0 aromatic carbocycles. The molecule has 2 N–H and O–H groups in total. The van der Waals surface area contributed by atoms with Gasteiger partial charge in [0.2, 0.25) is 0 Å². The van der Waals surface area contributed by atoms with Crippen LogP contribution in [0.5, 0.6) is 0 Å². The Labute approximate surface area is 98.4 Å². The van der Waals surface area contributed by atoms with Crippen LogP contribution in [0, 0.1) is 0 Å². The maximum absolute atomic E-state index is 11.6. The van der Waals surface area contributed by atoms with E-state index < -0.39 is 0 Å². The van der Waals surface area contributed by atoms with E-state index >= 15 is 0 Å². The Hall–Kier alpha value is -1.03. The molecular formula is C12H24N2O2. The Kier molecular flexibility index (Phi) is 7.64. The average Bonchev–Trinajstić information content (AvgIpc) is 2.25. The number of unbranched alkanes of at least 4 members (excludes halogenated alkanes) is 1. The van der Waals surface area contributed by atoms with Gasteiger partial charge in [0.05, 0.1) is 12.7 Å². The summed E-state index contributed by atoms with van der Waals surface area (Å²) >= 11 is 0. The molecule has 0 saturated heterocycles. The summed E-state index contributed by atoms with van der Waals surface area (Å²) in [4.78, 5) is 13.6. The van der Waals surface area contributed by atoms with E-state index in [0.29, 0.717) is 17.7 Å². The van der Waals surface area contributed by atoms with Crippen LogP contribution in [0.4, 0.5) is 0 Å². The molecule has 0 radical (unpaired) electrons. The van der Waals surface area contributed by atoms with E-state index in [1.807, 2.05) is 19.0 Å². The largest absolute Gasteiger partial charge is 0.466 e. The molecule has 0 aliphatic heterocycles. The lowest BCUT2D eigenvalue weighted by Gasteiger charge is -2.13. The summed E-state index contributed by atoms with van der Waals surface area (Å²) in [5.41, 5.74) is 7.23. The lowest BCUT2D eigenvalue weighted by molar-refractivity contribution is -0.136. The first-order valence-electron chi connectivity index (χ1n) is 5.73. The molecule has 0 unspecified atom stereocenters. The van der Waals surface area contributed by atoms with Crippen LogP contribution in [0.15, 0.2) is 11.3 Å². The molecule has 0 spiro atoms. The van der Waals surface area contributed by atoms with Gasteiger partial charge in [-0.25, -0.2) is 4.79 Å². The summed E-state index contributed by atoms with van der Waals surface area (Å²) in [6.07, 6.45) is 3.50. The number of hydrogen-bond acceptors (Lipinski definition) is 4. The van der Waals surface area contributed by atoms with Crippen LogP contribution in [0.2, 0.25) is 0 Å². The Morgan fingerprint density at radius 3 is 2.38 bits per heavy atom. The van der Waals surface area contributed by atoms with Crippen LogP contribution >= 0.6 is 0 Å². The van der Waals surface area contributed by atoms with Gasteiger partial charge in [0.25, 0.3) is 0 Å². The van der Waals surface area contributed by atoms with Gasteiger partial charge in [-0.2, -0.15) is 0 Å². The van der Waals surface area contributed by atoms with Crippen molar-refractivity contribution in [1.29, 1.82) is 0 Å². The Morgan fingerprint density at radius 1 is 1.31 bits per heavy atom. The molecule has 0 aromatic rings. The molecule has 0 rings (SSSR count). The van der Waals surface area contributed by atoms with Gasteiger partial charge in [0, 0.05) is 12.2 Å². The molecule has 0 aliphatic rings. The van der Waals surface area contributed by atoms with Gasteiger partial charge in [-0.15, -0.1) is 0 Å². The molecule has 0 amide bonds. The topological polar surface area (TPSA) is 55.6 Å². The maximum atomic E-state index is 11.6. The second-order valence-corrected chi connectivity index (χ2v) is 4.15. The summed E-state index contributed by atoms with van der Waals surface area (Å²) in [6.45, 7) is 2.90. The molecule has 16 heavy (non-hydrogen) atoms. The van der Waals surface area contributed by atoms with Crippen molar-refractivity contribution >= 4 is 5.97 Å². The first kappa shape index (κ1) is 15.0. The SMILES string of the molecule is CCCCC(N)=C(CCN(C)C)C(=O)OC. The predicted molar refractivity (Wildman–Crippen MR) is 65.9 cm³/mol. The van der Waals surface area contributed by atoms with Gasteiger partial charge in [0.1, 0.15) is 0 Å². The van der Waals surface area contributed by atoms with Crippen molar-refractivity contribution in [2.45, 2.75) is 32.6 Å². The van der Waals surface area contributed by atoms with E-state index in [2.05, 4.69) is 6.92 Å². The molecule has 94 valence electrons. The number of ether oxygens (including phenoxy) is 1. The molecule has 0 fully saturated rings. The quantitative estimate of drug-likeness (QED) is 0.530. The van der Waals surface area contributed by atoms with Crippen LogP contribution in [0.3, 0.4) is 0 Å². The van der Waals surface area contributed by atoms with E-state index in [-0.39, 0.29) is 5.97 Å². The minimum absolute atomic E-state index is 0.296. The molecule has 0 atom stereocenters. The number of allylic oxidation sites excluding steroid dienone is 1. The third kappa shape index (κ3) is 5.75. The van der Waals surface area contributed by atoms with Crippen LogP contribution in [-0.2, 0) is 9.53 Å². The molecule has 0 saturated carbocycles. The molecule has 4 nitrogen and oxygen atoms in total. The molecule has 0 heterocycles. The van der Waals surface area contributed by atoms with E-state index in [4.69, 9.17) is 10.5 Å².